The van der Waals surface area contributed by atoms with Crippen molar-refractivity contribution in [3.63, 3.8) is 0 Å². The number of nitrogens with zero attached hydrogens (tertiary/aromatic N) is 2. The highest BCUT2D eigenvalue weighted by molar-refractivity contribution is 6.08. The van der Waals surface area contributed by atoms with Crippen LogP contribution in [0.1, 0.15) is 43.0 Å². The molecule has 0 saturated carbocycles. The van der Waals surface area contributed by atoms with Gasteiger partial charge in [-0.2, -0.15) is 0 Å². The Hall–Kier alpha value is -5.34. The van der Waals surface area contributed by atoms with Crippen LogP contribution in [0.3, 0.4) is 0 Å². The van der Waals surface area contributed by atoms with E-state index in [2.05, 4.69) is 197 Å². The van der Waals surface area contributed by atoms with E-state index in [9.17, 15) is 0 Å². The first-order valence-corrected chi connectivity index (χ1v) is 16.5. The normalized spacial score (nSPS) is 11.6. The van der Waals surface area contributed by atoms with Crippen LogP contribution in [0.5, 0.6) is 0 Å². The Labute approximate surface area is 279 Å². The number of benzene rings is 7. The van der Waals surface area contributed by atoms with Crippen molar-refractivity contribution in [3.8, 4) is 0 Å². The van der Waals surface area contributed by atoms with E-state index < -0.39 is 0 Å². The Kier molecular flexibility index (Phi) is 7.82. The maximum absolute atomic E-state index is 2.38. The predicted octanol–water partition coefficient (Wildman–Crippen LogP) is 13.2. The van der Waals surface area contributed by atoms with Crippen LogP contribution in [0.2, 0.25) is 0 Å². The molecule has 0 N–H and O–H groups in total. The SMILES string of the molecule is Cc1ccc(N(c2ccccc2)c2ccc3c(C)c4ccc(N(c5ccccc5)c5ccc(C(C)(C)C)cc5)cc4c(C)c3c2)cc1. The molecule has 0 aromatic heterocycles. The highest BCUT2D eigenvalue weighted by atomic mass is 15.1. The Morgan fingerprint density at radius 1 is 0.362 bits per heavy atom. The number of rotatable bonds is 6. The van der Waals surface area contributed by atoms with E-state index in [1.54, 1.807) is 0 Å². The Morgan fingerprint density at radius 3 is 1.15 bits per heavy atom. The maximum Gasteiger partial charge on any atom is 0.0468 e. The van der Waals surface area contributed by atoms with Crippen molar-refractivity contribution in [1.29, 1.82) is 0 Å². The molecule has 0 bridgehead atoms. The number of fused-ring (bicyclic) bond motifs is 2. The summed E-state index contributed by atoms with van der Waals surface area (Å²) in [6.07, 6.45) is 0. The average molecular weight is 611 g/mol. The molecule has 0 spiro atoms. The second kappa shape index (κ2) is 12.1. The first-order valence-electron chi connectivity index (χ1n) is 16.5. The topological polar surface area (TPSA) is 6.48 Å². The first kappa shape index (κ1) is 30.3. The molecular weight excluding hydrogens is 569 g/mol. The molecule has 0 atom stereocenters. The minimum Gasteiger partial charge on any atom is -0.310 e. The van der Waals surface area contributed by atoms with Gasteiger partial charge in [-0.25, -0.2) is 0 Å². The molecule has 0 radical (unpaired) electrons. The Balaban J connectivity index is 1.40. The van der Waals surface area contributed by atoms with Crippen LogP contribution >= 0.6 is 0 Å². The lowest BCUT2D eigenvalue weighted by molar-refractivity contribution is 0.590. The minimum absolute atomic E-state index is 0.100. The van der Waals surface area contributed by atoms with E-state index >= 15 is 0 Å². The fourth-order valence-corrected chi connectivity index (χ4v) is 6.76. The van der Waals surface area contributed by atoms with Crippen molar-refractivity contribution < 1.29 is 0 Å². The monoisotopic (exact) mass is 610 g/mol. The summed E-state index contributed by atoms with van der Waals surface area (Å²) in [5.41, 5.74) is 12.2. The molecule has 0 heterocycles. The van der Waals surface area contributed by atoms with Gasteiger partial charge in [0, 0.05) is 34.1 Å². The fourth-order valence-electron chi connectivity index (χ4n) is 6.76. The average Bonchev–Trinajstić information content (AvgIpc) is 3.09. The fraction of sp³-hybridized carbons (Fsp3) is 0.156. The zero-order valence-corrected chi connectivity index (χ0v) is 28.3. The molecule has 0 aliphatic heterocycles. The van der Waals surface area contributed by atoms with Gasteiger partial charge >= 0.3 is 0 Å². The van der Waals surface area contributed by atoms with Crippen LogP contribution in [0.15, 0.2) is 146 Å². The van der Waals surface area contributed by atoms with E-state index in [0.29, 0.717) is 0 Å². The summed E-state index contributed by atoms with van der Waals surface area (Å²) in [6, 6.07) is 53.1. The lowest BCUT2D eigenvalue weighted by atomic mass is 9.87. The summed E-state index contributed by atoms with van der Waals surface area (Å²) in [4.78, 5) is 4.72. The molecule has 0 aliphatic carbocycles. The summed E-state index contributed by atoms with van der Waals surface area (Å²) >= 11 is 0. The van der Waals surface area contributed by atoms with Crippen LogP contribution in [0.4, 0.5) is 34.1 Å². The number of aryl methyl sites for hydroxylation is 3. The van der Waals surface area contributed by atoms with Crippen molar-refractivity contribution in [2.45, 2.75) is 47.0 Å². The smallest absolute Gasteiger partial charge is 0.0468 e. The minimum atomic E-state index is 0.100. The van der Waals surface area contributed by atoms with Gasteiger partial charge in [0.2, 0.25) is 0 Å². The summed E-state index contributed by atoms with van der Waals surface area (Å²) in [5, 5.41) is 5.14. The van der Waals surface area contributed by atoms with Crippen LogP contribution in [-0.4, -0.2) is 0 Å². The van der Waals surface area contributed by atoms with Crippen LogP contribution in [0.25, 0.3) is 21.5 Å². The zero-order valence-electron chi connectivity index (χ0n) is 28.3. The van der Waals surface area contributed by atoms with Crippen molar-refractivity contribution in [1.82, 2.24) is 0 Å². The van der Waals surface area contributed by atoms with Crippen molar-refractivity contribution in [2.75, 3.05) is 9.80 Å². The summed E-state index contributed by atoms with van der Waals surface area (Å²) in [5.74, 6) is 0. The van der Waals surface area contributed by atoms with Crippen LogP contribution in [0, 0.1) is 20.8 Å². The van der Waals surface area contributed by atoms with Gasteiger partial charge in [-0.1, -0.05) is 99.1 Å². The molecule has 7 rings (SSSR count). The van der Waals surface area contributed by atoms with E-state index in [1.165, 1.54) is 43.8 Å². The summed E-state index contributed by atoms with van der Waals surface area (Å²) in [6.45, 7) is 13.5. The molecule has 232 valence electrons. The number of hydrogen-bond donors (Lipinski definition) is 0. The number of hydrogen-bond acceptors (Lipinski definition) is 2. The second-order valence-electron chi connectivity index (χ2n) is 13.7. The lowest BCUT2D eigenvalue weighted by Crippen LogP contribution is -2.13. The lowest BCUT2D eigenvalue weighted by Gasteiger charge is -2.28. The molecule has 7 aromatic rings. The van der Waals surface area contributed by atoms with Crippen molar-refractivity contribution in [2.24, 2.45) is 0 Å². The molecule has 0 saturated heterocycles. The predicted molar refractivity (Wildman–Crippen MR) is 204 cm³/mol. The first-order chi connectivity index (χ1) is 22.7. The van der Waals surface area contributed by atoms with Crippen molar-refractivity contribution >= 4 is 55.7 Å². The molecular formula is C45H42N2. The maximum atomic E-state index is 2.38. The zero-order chi connectivity index (χ0) is 32.7. The third-order valence-corrected chi connectivity index (χ3v) is 9.45. The van der Waals surface area contributed by atoms with Gasteiger partial charge in [0.05, 0.1) is 0 Å². The van der Waals surface area contributed by atoms with Crippen LogP contribution < -0.4 is 9.80 Å². The van der Waals surface area contributed by atoms with Gasteiger partial charge in [0.1, 0.15) is 0 Å². The molecule has 47 heavy (non-hydrogen) atoms. The van der Waals surface area contributed by atoms with Crippen molar-refractivity contribution in [3.05, 3.63) is 168 Å². The second-order valence-corrected chi connectivity index (χ2v) is 13.7. The molecule has 0 amide bonds. The Morgan fingerprint density at radius 2 is 0.723 bits per heavy atom. The highest BCUT2D eigenvalue weighted by Gasteiger charge is 2.19. The summed E-state index contributed by atoms with van der Waals surface area (Å²) in [7, 11) is 0. The van der Waals surface area contributed by atoms with Gasteiger partial charge in [0.15, 0.2) is 0 Å². The molecule has 0 fully saturated rings. The largest absolute Gasteiger partial charge is 0.310 e. The number of anilines is 6. The highest BCUT2D eigenvalue weighted by Crippen LogP contribution is 2.42. The van der Waals surface area contributed by atoms with Gasteiger partial charge in [-0.15, -0.1) is 0 Å². The quantitative estimate of drug-likeness (QED) is 0.173. The Bertz CT molecular complexity index is 2170. The number of para-hydroxylation sites is 2. The molecule has 2 heteroatoms. The van der Waals surface area contributed by atoms with Gasteiger partial charge in [-0.3, -0.25) is 0 Å². The van der Waals surface area contributed by atoms with E-state index in [4.69, 9.17) is 0 Å². The molecule has 2 nitrogen and oxygen atoms in total. The van der Waals surface area contributed by atoms with E-state index in [0.717, 1.165) is 34.1 Å². The van der Waals surface area contributed by atoms with Gasteiger partial charge in [0.25, 0.3) is 0 Å². The van der Waals surface area contributed by atoms with Crippen LogP contribution in [-0.2, 0) is 5.41 Å². The molecule has 7 aromatic carbocycles. The third kappa shape index (κ3) is 5.77. The molecule has 0 aliphatic rings. The molecule has 0 unspecified atom stereocenters. The summed E-state index contributed by atoms with van der Waals surface area (Å²) < 4.78 is 0. The van der Waals surface area contributed by atoms with Gasteiger partial charge in [-0.05, 0) is 137 Å². The third-order valence-electron chi connectivity index (χ3n) is 9.45. The standard InChI is InChI=1S/C45H42N2/c1-31-17-21-37(22-18-31)46(35-13-9-7-10-14-35)39-25-27-41-32(2)42-28-26-40(30-44(42)33(3)43(41)29-39)47(36-15-11-8-12-16-36)38-23-19-34(20-24-38)45(4,5)6/h7-30H,1-6H3. The van der Waals surface area contributed by atoms with E-state index in [-0.39, 0.29) is 5.41 Å². The van der Waals surface area contributed by atoms with E-state index in [1.807, 2.05) is 0 Å². The van der Waals surface area contributed by atoms with Gasteiger partial charge < -0.3 is 9.80 Å².